The first-order valence-corrected chi connectivity index (χ1v) is 7.05. The molecule has 0 aliphatic carbocycles. The zero-order valence-electron chi connectivity index (χ0n) is 12.2. The number of rotatable bonds is 3. The van der Waals surface area contributed by atoms with E-state index < -0.39 is 39.8 Å². The van der Waals surface area contributed by atoms with Gasteiger partial charge < -0.3 is 20.2 Å². The fourth-order valence-electron chi connectivity index (χ4n) is 2.09. The fourth-order valence-corrected chi connectivity index (χ4v) is 2.32. The van der Waals surface area contributed by atoms with Gasteiger partial charge in [0.25, 0.3) is 5.56 Å². The first-order chi connectivity index (χ1) is 11.9. The minimum atomic E-state index is -1.17. The van der Waals surface area contributed by atoms with E-state index in [9.17, 15) is 18.4 Å². The maximum atomic E-state index is 14.5. The molecule has 3 rings (SSSR count). The topological polar surface area (TPSA) is 107 Å². The summed E-state index contributed by atoms with van der Waals surface area (Å²) in [4.78, 5) is 28.6. The number of ether oxygens (including phenoxy) is 2. The van der Waals surface area contributed by atoms with E-state index in [1.54, 1.807) is 0 Å². The molecule has 1 heterocycles. The lowest BCUT2D eigenvalue weighted by atomic mass is 10.2. The summed E-state index contributed by atoms with van der Waals surface area (Å²) >= 11 is 5.91. The molecule has 1 aromatic heterocycles. The van der Waals surface area contributed by atoms with Crippen molar-refractivity contribution in [3.05, 3.63) is 57.6 Å². The third kappa shape index (κ3) is 3.09. The van der Waals surface area contributed by atoms with Crippen LogP contribution in [0.1, 0.15) is 0 Å². The number of primary amides is 1. The molecule has 0 saturated carbocycles. The minimum Gasteiger partial charge on any atom is -0.449 e. The monoisotopic (exact) mass is 367 g/mol. The molecule has 0 unspecified atom stereocenters. The van der Waals surface area contributed by atoms with Gasteiger partial charge in [-0.2, -0.15) is 0 Å². The van der Waals surface area contributed by atoms with E-state index in [1.807, 2.05) is 0 Å². The Morgan fingerprint density at radius 3 is 2.64 bits per heavy atom. The van der Waals surface area contributed by atoms with Crippen molar-refractivity contribution in [3.63, 3.8) is 0 Å². The van der Waals surface area contributed by atoms with Gasteiger partial charge in [0, 0.05) is 0 Å². The number of carbonyl (C=O) groups is 1. The zero-order chi connectivity index (χ0) is 18.1. The second-order valence-corrected chi connectivity index (χ2v) is 5.09. The average molecular weight is 368 g/mol. The van der Waals surface area contributed by atoms with E-state index in [1.165, 1.54) is 6.07 Å². The number of aromatic amines is 1. The quantitative estimate of drug-likeness (QED) is 0.739. The number of hydrogen-bond donors (Lipinski definition) is 2. The number of halogens is 3. The number of nitrogens with two attached hydrogens (primary N) is 1. The molecule has 3 N–H and O–H groups in total. The normalized spacial score (nSPS) is 10.7. The third-order valence-corrected chi connectivity index (χ3v) is 3.50. The van der Waals surface area contributed by atoms with Crippen molar-refractivity contribution >= 4 is 28.6 Å². The maximum Gasteiger partial charge on any atom is 0.410 e. The number of H-pyrrole nitrogens is 1. The van der Waals surface area contributed by atoms with Crippen LogP contribution < -0.4 is 20.8 Å². The molecule has 7 nitrogen and oxygen atoms in total. The molecular formula is C15H8ClF2N3O4. The van der Waals surface area contributed by atoms with Crippen molar-refractivity contribution in [2.45, 2.75) is 0 Å². The van der Waals surface area contributed by atoms with Crippen molar-refractivity contribution in [3.8, 4) is 17.2 Å². The van der Waals surface area contributed by atoms with E-state index in [4.69, 9.17) is 22.1 Å². The number of nitrogens with one attached hydrogen (secondary N) is 1. The zero-order valence-corrected chi connectivity index (χ0v) is 12.9. The largest absolute Gasteiger partial charge is 0.449 e. The smallest absolute Gasteiger partial charge is 0.410 e. The lowest BCUT2D eigenvalue weighted by molar-refractivity contribution is 0.210. The summed E-state index contributed by atoms with van der Waals surface area (Å²) in [6, 6.07) is 4.42. The fraction of sp³-hybridized carbons (Fsp3) is 0. The van der Waals surface area contributed by atoms with Gasteiger partial charge in [-0.15, -0.1) is 0 Å². The van der Waals surface area contributed by atoms with Crippen molar-refractivity contribution in [1.29, 1.82) is 0 Å². The molecular weight excluding hydrogens is 360 g/mol. The average Bonchev–Trinajstić information content (AvgIpc) is 2.56. The molecule has 0 atom stereocenters. The Morgan fingerprint density at radius 1 is 1.20 bits per heavy atom. The lowest BCUT2D eigenvalue weighted by Gasteiger charge is -2.12. The molecule has 10 heteroatoms. The second kappa shape index (κ2) is 6.36. The van der Waals surface area contributed by atoms with Crippen LogP contribution in [0.5, 0.6) is 17.2 Å². The first-order valence-electron chi connectivity index (χ1n) is 6.67. The molecule has 128 valence electrons. The minimum absolute atomic E-state index is 0.0889. The molecule has 0 bridgehead atoms. The number of aromatic nitrogens is 2. The van der Waals surface area contributed by atoms with Gasteiger partial charge in [-0.25, -0.2) is 18.6 Å². The molecule has 0 aliphatic heterocycles. The van der Waals surface area contributed by atoms with Gasteiger partial charge in [-0.1, -0.05) is 11.6 Å². The third-order valence-electron chi connectivity index (χ3n) is 3.15. The van der Waals surface area contributed by atoms with Crippen LogP contribution in [0.3, 0.4) is 0 Å². The Hall–Kier alpha value is -3.20. The van der Waals surface area contributed by atoms with Gasteiger partial charge in [0.2, 0.25) is 0 Å². The van der Waals surface area contributed by atoms with Crippen LogP contribution in [0.25, 0.3) is 10.9 Å². The Kier molecular flexibility index (Phi) is 4.24. The number of hydrogen-bond acceptors (Lipinski definition) is 5. The highest BCUT2D eigenvalue weighted by Crippen LogP contribution is 2.40. The van der Waals surface area contributed by atoms with Crippen molar-refractivity contribution in [2.24, 2.45) is 5.73 Å². The summed E-state index contributed by atoms with van der Waals surface area (Å²) in [7, 11) is 0. The van der Waals surface area contributed by atoms with E-state index >= 15 is 0 Å². The van der Waals surface area contributed by atoms with E-state index in [0.717, 1.165) is 24.5 Å². The predicted molar refractivity (Wildman–Crippen MR) is 84.0 cm³/mol. The highest BCUT2D eigenvalue weighted by atomic mass is 35.5. The van der Waals surface area contributed by atoms with E-state index in [0.29, 0.717) is 0 Å². The van der Waals surface area contributed by atoms with Crippen LogP contribution in [0, 0.1) is 11.6 Å². The van der Waals surface area contributed by atoms with Crippen LogP contribution in [0.2, 0.25) is 5.02 Å². The molecule has 1 amide bonds. The first kappa shape index (κ1) is 16.7. The van der Waals surface area contributed by atoms with Crippen LogP contribution in [0.15, 0.2) is 35.4 Å². The molecule has 0 saturated heterocycles. The molecule has 0 spiro atoms. The highest BCUT2D eigenvalue weighted by molar-refractivity contribution is 6.33. The number of carbonyl (C=O) groups excluding carboxylic acids is 1. The van der Waals surface area contributed by atoms with Crippen LogP contribution in [0.4, 0.5) is 13.6 Å². The van der Waals surface area contributed by atoms with Crippen molar-refractivity contribution < 1.29 is 23.0 Å². The van der Waals surface area contributed by atoms with Crippen molar-refractivity contribution in [2.75, 3.05) is 0 Å². The molecule has 3 aromatic rings. The molecule has 25 heavy (non-hydrogen) atoms. The summed E-state index contributed by atoms with van der Waals surface area (Å²) < 4.78 is 38.3. The lowest BCUT2D eigenvalue weighted by Crippen LogP contribution is -2.16. The van der Waals surface area contributed by atoms with Gasteiger partial charge in [0.05, 0.1) is 11.8 Å². The maximum absolute atomic E-state index is 14.5. The highest BCUT2D eigenvalue weighted by Gasteiger charge is 2.20. The molecule has 2 aromatic carbocycles. The number of nitrogens with zero attached hydrogens (tertiary/aromatic N) is 1. The van der Waals surface area contributed by atoms with E-state index in [2.05, 4.69) is 14.7 Å². The summed E-state index contributed by atoms with van der Waals surface area (Å²) in [5, 5.41) is -0.792. The number of benzene rings is 2. The van der Waals surface area contributed by atoms with Gasteiger partial charge in [-0.3, -0.25) is 4.79 Å². The summed E-state index contributed by atoms with van der Waals surface area (Å²) in [6.45, 7) is 0. The summed E-state index contributed by atoms with van der Waals surface area (Å²) in [5.74, 6) is -3.33. The van der Waals surface area contributed by atoms with Crippen LogP contribution in [-0.2, 0) is 0 Å². The number of amides is 1. The van der Waals surface area contributed by atoms with Gasteiger partial charge in [-0.05, 0) is 24.3 Å². The summed E-state index contributed by atoms with van der Waals surface area (Å²) in [5.41, 5.74) is 4.24. The SMILES string of the molecule is NC(=O)Oc1ccc(F)c(Oc2ccc3nc[nH]c(=O)c3c2F)c1Cl. The van der Waals surface area contributed by atoms with Crippen LogP contribution >= 0.6 is 11.6 Å². The molecule has 0 radical (unpaired) electrons. The standard InChI is InChI=1S/C15H8ClF2N3O4/c16-11-8(25-15(19)23)3-1-6(17)13(11)24-9-4-2-7-10(12(9)18)14(22)21-5-20-7/h1-5H,(H2,19,23)(H,20,21,22). The number of fused-ring (bicyclic) bond motifs is 1. The van der Waals surface area contributed by atoms with E-state index in [-0.39, 0.29) is 16.7 Å². The van der Waals surface area contributed by atoms with Crippen molar-refractivity contribution in [1.82, 2.24) is 9.97 Å². The Balaban J connectivity index is 2.10. The Bertz CT molecular complexity index is 1050. The molecule has 0 fully saturated rings. The second-order valence-electron chi connectivity index (χ2n) is 4.72. The Morgan fingerprint density at radius 2 is 1.92 bits per heavy atom. The van der Waals surface area contributed by atoms with Gasteiger partial charge in [0.1, 0.15) is 10.4 Å². The Labute approximate surface area is 142 Å². The summed E-state index contributed by atoms with van der Waals surface area (Å²) in [6.07, 6.45) is -0.0554. The predicted octanol–water partition coefficient (Wildman–Crippen LogP) is 3.10. The van der Waals surface area contributed by atoms with Crippen LogP contribution in [-0.4, -0.2) is 16.1 Å². The molecule has 0 aliphatic rings. The van der Waals surface area contributed by atoms with Gasteiger partial charge >= 0.3 is 6.09 Å². The van der Waals surface area contributed by atoms with Gasteiger partial charge in [0.15, 0.2) is 28.9 Å².